The largest absolute Gasteiger partial charge is 0.373 e. The van der Waals surface area contributed by atoms with Gasteiger partial charge in [-0.05, 0) is 0 Å². The summed E-state index contributed by atoms with van der Waals surface area (Å²) in [6.07, 6.45) is 0. The SMILES string of the molecule is C[SiH2]C(O)O. The first kappa shape index (κ1) is 5.14. The summed E-state index contributed by atoms with van der Waals surface area (Å²) in [6.45, 7) is 1.84. The van der Waals surface area contributed by atoms with Crippen molar-refractivity contribution < 1.29 is 10.2 Å². The van der Waals surface area contributed by atoms with Crippen molar-refractivity contribution in [3.8, 4) is 0 Å². The standard InChI is InChI=1S/C2H8O2Si/c1-5-2(3)4/h2-4H,5H2,1H3. The summed E-state index contributed by atoms with van der Waals surface area (Å²) in [5.74, 6) is -0.977. The molecule has 0 aliphatic heterocycles. The van der Waals surface area contributed by atoms with E-state index >= 15 is 0 Å². The maximum Gasteiger partial charge on any atom is 0.128 e. The fourth-order valence-corrected chi connectivity index (χ4v) is 0. The summed E-state index contributed by atoms with van der Waals surface area (Å²) in [7, 11) is -0.540. The van der Waals surface area contributed by atoms with Crippen LogP contribution >= 0.6 is 0 Å². The first-order valence-electron chi connectivity index (χ1n) is 1.63. The lowest BCUT2D eigenvalue weighted by Gasteiger charge is -1.89. The van der Waals surface area contributed by atoms with Gasteiger partial charge in [0.1, 0.15) is 5.91 Å². The van der Waals surface area contributed by atoms with Crippen LogP contribution < -0.4 is 0 Å². The van der Waals surface area contributed by atoms with Gasteiger partial charge in [-0.15, -0.1) is 0 Å². The number of aliphatic hydroxyl groups excluding tert-OH is 1. The lowest BCUT2D eigenvalue weighted by molar-refractivity contribution is 0.0296. The van der Waals surface area contributed by atoms with Crippen LogP contribution in [0.25, 0.3) is 0 Å². The van der Waals surface area contributed by atoms with E-state index < -0.39 is 15.4 Å². The first-order valence-corrected chi connectivity index (χ1v) is 3.86. The molecule has 0 saturated heterocycles. The van der Waals surface area contributed by atoms with Crippen molar-refractivity contribution >= 4 is 9.52 Å². The zero-order valence-electron chi connectivity index (χ0n) is 3.18. The minimum atomic E-state index is -0.977. The van der Waals surface area contributed by atoms with Gasteiger partial charge in [-0.25, -0.2) is 0 Å². The smallest absolute Gasteiger partial charge is 0.128 e. The van der Waals surface area contributed by atoms with Crippen LogP contribution in [0.4, 0.5) is 0 Å². The van der Waals surface area contributed by atoms with Crippen molar-refractivity contribution in [2.24, 2.45) is 0 Å². The Kier molecular flexibility index (Phi) is 2.44. The van der Waals surface area contributed by atoms with Crippen LogP contribution in [0.5, 0.6) is 0 Å². The van der Waals surface area contributed by atoms with Crippen LogP contribution in [-0.4, -0.2) is 25.6 Å². The van der Waals surface area contributed by atoms with Crippen LogP contribution in [0.2, 0.25) is 6.55 Å². The van der Waals surface area contributed by atoms with Gasteiger partial charge in [0.2, 0.25) is 0 Å². The van der Waals surface area contributed by atoms with Gasteiger partial charge in [0, 0.05) is 0 Å². The monoisotopic (exact) mass is 92.0 g/mol. The molecule has 32 valence electrons. The van der Waals surface area contributed by atoms with Crippen LogP contribution in [0.15, 0.2) is 0 Å². The normalized spacial score (nSPS) is 12.0. The highest BCUT2D eigenvalue weighted by Crippen LogP contribution is 1.62. The minimum absolute atomic E-state index is 0.540. The fraction of sp³-hybridized carbons (Fsp3) is 1.00. The molecule has 0 atom stereocenters. The molecule has 0 aliphatic rings. The molecule has 5 heavy (non-hydrogen) atoms. The van der Waals surface area contributed by atoms with Crippen molar-refractivity contribution in [3.63, 3.8) is 0 Å². The lowest BCUT2D eigenvalue weighted by atomic mass is 11.5. The van der Waals surface area contributed by atoms with Crippen molar-refractivity contribution in [1.82, 2.24) is 0 Å². The number of hydrogen-bond acceptors (Lipinski definition) is 2. The molecule has 0 radical (unpaired) electrons. The molecule has 0 aromatic carbocycles. The Morgan fingerprint density at radius 3 is 1.80 bits per heavy atom. The molecule has 0 bridgehead atoms. The molecule has 0 aromatic heterocycles. The van der Waals surface area contributed by atoms with E-state index in [-0.39, 0.29) is 0 Å². The summed E-state index contributed by atoms with van der Waals surface area (Å²) in [5.41, 5.74) is 0. The van der Waals surface area contributed by atoms with Gasteiger partial charge in [-0.3, -0.25) is 0 Å². The van der Waals surface area contributed by atoms with Crippen LogP contribution in [0.3, 0.4) is 0 Å². The minimum Gasteiger partial charge on any atom is -0.373 e. The molecular formula is C2H8O2Si. The molecule has 2 nitrogen and oxygen atoms in total. The zero-order chi connectivity index (χ0) is 4.28. The molecule has 0 spiro atoms. The van der Waals surface area contributed by atoms with Gasteiger partial charge in [0.25, 0.3) is 0 Å². The molecule has 0 fully saturated rings. The van der Waals surface area contributed by atoms with Gasteiger partial charge in [-0.2, -0.15) is 0 Å². The number of rotatable bonds is 1. The second kappa shape index (κ2) is 2.38. The molecule has 3 heteroatoms. The Morgan fingerprint density at radius 2 is 1.80 bits per heavy atom. The topological polar surface area (TPSA) is 40.5 Å². The summed E-state index contributed by atoms with van der Waals surface area (Å²) < 4.78 is 0. The highest BCUT2D eigenvalue weighted by molar-refractivity contribution is 6.34. The Labute approximate surface area is 33.3 Å². The van der Waals surface area contributed by atoms with E-state index in [1.807, 2.05) is 6.55 Å². The average Bonchev–Trinajstić information content (AvgIpc) is 1.38. The third-order valence-electron chi connectivity index (χ3n) is 0.365. The van der Waals surface area contributed by atoms with Crippen LogP contribution in [0.1, 0.15) is 0 Å². The Hall–Kier alpha value is 0.137. The van der Waals surface area contributed by atoms with Gasteiger partial charge < -0.3 is 10.2 Å². The number of hydrogen-bond donors (Lipinski definition) is 2. The van der Waals surface area contributed by atoms with E-state index in [4.69, 9.17) is 10.2 Å². The maximum atomic E-state index is 7.98. The number of aliphatic hydroxyl groups is 2. The zero-order valence-corrected chi connectivity index (χ0v) is 4.59. The molecule has 0 aliphatic carbocycles. The maximum absolute atomic E-state index is 7.98. The molecule has 0 unspecified atom stereocenters. The van der Waals surface area contributed by atoms with Crippen molar-refractivity contribution in [2.45, 2.75) is 12.5 Å². The van der Waals surface area contributed by atoms with E-state index in [9.17, 15) is 0 Å². The molecule has 0 rings (SSSR count). The third kappa shape index (κ3) is 4.14. The molecule has 0 aromatic rings. The van der Waals surface area contributed by atoms with Gasteiger partial charge in [0.05, 0.1) is 9.52 Å². The quantitative estimate of drug-likeness (QED) is 0.304. The van der Waals surface area contributed by atoms with E-state index in [0.29, 0.717) is 0 Å². The highest BCUT2D eigenvalue weighted by atomic mass is 28.2. The van der Waals surface area contributed by atoms with Gasteiger partial charge >= 0.3 is 0 Å². The molecule has 0 amide bonds. The third-order valence-corrected chi connectivity index (χ3v) is 1.10. The summed E-state index contributed by atoms with van der Waals surface area (Å²) in [5, 5.41) is 16.0. The molecule has 0 heterocycles. The van der Waals surface area contributed by atoms with Gasteiger partial charge in [0.15, 0.2) is 0 Å². The van der Waals surface area contributed by atoms with E-state index in [0.717, 1.165) is 0 Å². The Balaban J connectivity index is 2.54. The second-order valence-corrected chi connectivity index (χ2v) is 2.44. The summed E-state index contributed by atoms with van der Waals surface area (Å²) in [4.78, 5) is 0. The van der Waals surface area contributed by atoms with Crippen molar-refractivity contribution in [3.05, 3.63) is 0 Å². The highest BCUT2D eigenvalue weighted by Gasteiger charge is 1.84. The Morgan fingerprint density at radius 1 is 1.60 bits per heavy atom. The predicted octanol–water partition coefficient (Wildman–Crippen LogP) is -1.53. The fourth-order valence-electron chi connectivity index (χ4n) is 0. The second-order valence-electron chi connectivity index (χ2n) is 0.889. The van der Waals surface area contributed by atoms with Crippen LogP contribution in [0, 0.1) is 0 Å². The molecule has 2 N–H and O–H groups in total. The lowest BCUT2D eigenvalue weighted by Crippen LogP contribution is -2.09. The molecule has 0 saturated carbocycles. The first-order chi connectivity index (χ1) is 2.27. The van der Waals surface area contributed by atoms with E-state index in [2.05, 4.69) is 0 Å². The van der Waals surface area contributed by atoms with E-state index in [1.54, 1.807) is 0 Å². The van der Waals surface area contributed by atoms with E-state index in [1.165, 1.54) is 0 Å². The summed E-state index contributed by atoms with van der Waals surface area (Å²) in [6, 6.07) is 0. The van der Waals surface area contributed by atoms with Crippen LogP contribution in [-0.2, 0) is 0 Å². The average molecular weight is 92.2 g/mol. The van der Waals surface area contributed by atoms with Crippen molar-refractivity contribution in [1.29, 1.82) is 0 Å². The summed E-state index contributed by atoms with van der Waals surface area (Å²) >= 11 is 0. The van der Waals surface area contributed by atoms with Crippen molar-refractivity contribution in [2.75, 3.05) is 0 Å². The van der Waals surface area contributed by atoms with Gasteiger partial charge in [-0.1, -0.05) is 6.55 Å². The predicted molar refractivity (Wildman–Crippen MR) is 22.6 cm³/mol. The molecular weight excluding hydrogens is 84.1 g/mol. The Bertz CT molecular complexity index is 21.6.